The number of unbranched alkanes of at least 4 members (excludes halogenated alkanes) is 1. The van der Waals surface area contributed by atoms with Crippen molar-refractivity contribution in [2.24, 2.45) is 39.5 Å². The highest BCUT2D eigenvalue weighted by atomic mass is 79.9. The summed E-state index contributed by atoms with van der Waals surface area (Å²) in [6.45, 7) is 3.16. The topological polar surface area (TPSA) is 89.4 Å². The van der Waals surface area contributed by atoms with E-state index in [0.717, 1.165) is 45.3 Å². The van der Waals surface area contributed by atoms with Crippen LogP contribution in [0.15, 0.2) is 28.8 Å². The third-order valence-electron chi connectivity index (χ3n) is 9.32. The third-order valence-corrected chi connectivity index (χ3v) is 10.1. The maximum atomic E-state index is 14.4. The van der Waals surface area contributed by atoms with Crippen LogP contribution in [-0.4, -0.2) is 36.3 Å². The number of halogens is 3. The van der Waals surface area contributed by atoms with Crippen LogP contribution in [0.25, 0.3) is 0 Å². The Morgan fingerprint density at radius 1 is 0.971 bits per heavy atom. The number of amides is 2. The Labute approximate surface area is 207 Å². The van der Waals surface area contributed by atoms with Crippen LogP contribution < -0.4 is 11.5 Å². The average molecular weight is 536 g/mol. The van der Waals surface area contributed by atoms with Gasteiger partial charge in [-0.25, -0.2) is 8.78 Å². The van der Waals surface area contributed by atoms with Crippen LogP contribution in [0.3, 0.4) is 0 Å². The van der Waals surface area contributed by atoms with Gasteiger partial charge < -0.3 is 16.4 Å². The van der Waals surface area contributed by atoms with Crippen LogP contribution >= 0.6 is 15.9 Å². The summed E-state index contributed by atoms with van der Waals surface area (Å²) in [5, 5.41) is 0. The molecule has 184 valence electrons. The van der Waals surface area contributed by atoms with E-state index >= 15 is 0 Å². The van der Waals surface area contributed by atoms with E-state index in [4.69, 9.17) is 11.5 Å². The van der Waals surface area contributed by atoms with Gasteiger partial charge >= 0.3 is 0 Å². The molecule has 2 saturated carbocycles. The van der Waals surface area contributed by atoms with E-state index in [9.17, 15) is 18.4 Å². The lowest BCUT2D eigenvalue weighted by Gasteiger charge is -2.48. The molecule has 1 heterocycles. The van der Waals surface area contributed by atoms with Crippen LogP contribution in [-0.2, 0) is 16.0 Å². The molecule has 0 radical (unpaired) electrons. The quantitative estimate of drug-likeness (QED) is 0.283. The number of nitrogens with zero attached hydrogens (tertiary/aromatic N) is 1. The van der Waals surface area contributed by atoms with E-state index in [-0.39, 0.29) is 28.1 Å². The van der Waals surface area contributed by atoms with Crippen LogP contribution in [0, 0.1) is 39.7 Å². The van der Waals surface area contributed by atoms with Gasteiger partial charge in [0.15, 0.2) is 0 Å². The van der Waals surface area contributed by atoms with Gasteiger partial charge in [-0.15, -0.1) is 0 Å². The molecular weight excluding hydrogens is 504 g/mol. The Kier molecular flexibility index (Phi) is 5.91. The van der Waals surface area contributed by atoms with Crippen molar-refractivity contribution in [3.63, 3.8) is 0 Å². The first-order valence-corrected chi connectivity index (χ1v) is 13.1. The fourth-order valence-electron chi connectivity index (χ4n) is 7.81. The van der Waals surface area contributed by atoms with Gasteiger partial charge in [0.25, 0.3) is 0 Å². The van der Waals surface area contributed by atoms with E-state index in [0.29, 0.717) is 12.0 Å². The van der Waals surface area contributed by atoms with Gasteiger partial charge in [-0.2, -0.15) is 0 Å². The normalized spacial score (nSPS) is 33.1. The van der Waals surface area contributed by atoms with Crippen LogP contribution in [0.4, 0.5) is 8.78 Å². The summed E-state index contributed by atoms with van der Waals surface area (Å²) in [6.07, 6.45) is 10.4. The number of hydrogen-bond donors (Lipinski definition) is 2. The van der Waals surface area contributed by atoms with E-state index in [1.165, 1.54) is 25.0 Å². The summed E-state index contributed by atoms with van der Waals surface area (Å²) in [5.74, 6) is -3.05. The molecule has 34 heavy (non-hydrogen) atoms. The second-order valence-corrected chi connectivity index (χ2v) is 11.6. The summed E-state index contributed by atoms with van der Waals surface area (Å²) in [6, 6.07) is 2.46. The number of likely N-dealkylation sites (tertiary alicyclic amines) is 1. The van der Waals surface area contributed by atoms with Gasteiger partial charge in [-0.1, -0.05) is 18.6 Å². The first kappa shape index (κ1) is 23.9. The number of carbonyl (C=O) groups excluding carboxylic acids is 2. The van der Waals surface area contributed by atoms with Gasteiger partial charge in [0, 0.05) is 0 Å². The van der Waals surface area contributed by atoms with Crippen molar-refractivity contribution in [3.8, 4) is 0 Å². The molecule has 1 aliphatic heterocycles. The molecule has 1 aromatic carbocycles. The Morgan fingerprint density at radius 2 is 1.53 bits per heavy atom. The Bertz CT molecular complexity index is 1030. The van der Waals surface area contributed by atoms with Gasteiger partial charge in [0.05, 0.1) is 15.3 Å². The van der Waals surface area contributed by atoms with Crippen molar-refractivity contribution in [1.82, 2.24) is 4.90 Å². The van der Waals surface area contributed by atoms with Crippen molar-refractivity contribution in [1.29, 1.82) is 0 Å². The molecule has 2 amide bonds. The standard InChI is InChI=1S/C26H32BrF2N3O2/c27-21-17(28)13-16(14-18(21)29)15-26(23(31)34)20-6-5-19(24(20)8-9-24)25(26,22(30)33)7-1-2-10-32-11-3-4-12-32/h5-6,13-14,19-20H,1-4,7-12,15H2,(H2,30,33)(H2,31,34)/t19-,20+,25+,26+/m1/s1. The number of nitrogens with two attached hydrogens (primary N) is 2. The largest absolute Gasteiger partial charge is 0.369 e. The highest BCUT2D eigenvalue weighted by molar-refractivity contribution is 9.10. The minimum absolute atomic E-state index is 0.00816. The first-order chi connectivity index (χ1) is 16.2. The second kappa shape index (κ2) is 8.40. The smallest absolute Gasteiger partial charge is 0.225 e. The molecule has 0 unspecified atom stereocenters. The maximum Gasteiger partial charge on any atom is 0.225 e. The Morgan fingerprint density at radius 3 is 2.06 bits per heavy atom. The van der Waals surface area contributed by atoms with Crippen molar-refractivity contribution >= 4 is 27.7 Å². The molecule has 3 aliphatic carbocycles. The molecule has 1 saturated heterocycles. The van der Waals surface area contributed by atoms with Crippen molar-refractivity contribution in [2.45, 2.75) is 51.4 Å². The maximum absolute atomic E-state index is 14.4. The molecule has 4 aliphatic rings. The van der Waals surface area contributed by atoms with Crippen molar-refractivity contribution in [3.05, 3.63) is 46.0 Å². The van der Waals surface area contributed by atoms with Gasteiger partial charge in [-0.3, -0.25) is 9.59 Å². The van der Waals surface area contributed by atoms with E-state index in [1.807, 2.05) is 6.08 Å². The predicted octanol–water partition coefficient (Wildman–Crippen LogP) is 4.08. The molecule has 8 heteroatoms. The zero-order valence-corrected chi connectivity index (χ0v) is 20.9. The molecule has 1 spiro atoms. The second-order valence-electron chi connectivity index (χ2n) is 10.8. The van der Waals surface area contributed by atoms with Crippen LogP contribution in [0.1, 0.15) is 50.5 Å². The summed E-state index contributed by atoms with van der Waals surface area (Å²) in [7, 11) is 0. The number of hydrogen-bond acceptors (Lipinski definition) is 3. The lowest BCUT2D eigenvalue weighted by molar-refractivity contribution is -0.151. The molecule has 2 bridgehead atoms. The monoisotopic (exact) mass is 535 g/mol. The minimum Gasteiger partial charge on any atom is -0.369 e. The van der Waals surface area contributed by atoms with Crippen molar-refractivity contribution < 1.29 is 18.4 Å². The third kappa shape index (κ3) is 3.24. The lowest BCUT2D eigenvalue weighted by Crippen LogP contribution is -2.60. The predicted molar refractivity (Wildman–Crippen MR) is 128 cm³/mol. The number of benzene rings is 1. The zero-order chi connectivity index (χ0) is 24.3. The first-order valence-electron chi connectivity index (χ1n) is 12.3. The van der Waals surface area contributed by atoms with Crippen LogP contribution in [0.2, 0.25) is 0 Å². The van der Waals surface area contributed by atoms with Gasteiger partial charge in [0.1, 0.15) is 11.6 Å². The number of allylic oxidation sites excluding steroid dienone is 2. The molecule has 5 rings (SSSR count). The number of rotatable bonds is 9. The summed E-state index contributed by atoms with van der Waals surface area (Å²) >= 11 is 2.91. The molecule has 0 aromatic heterocycles. The summed E-state index contributed by atoms with van der Waals surface area (Å²) in [5.41, 5.74) is 9.97. The fraction of sp³-hybridized carbons (Fsp3) is 0.615. The van der Waals surface area contributed by atoms with Gasteiger partial charge in [0.2, 0.25) is 11.8 Å². The van der Waals surface area contributed by atoms with E-state index < -0.39 is 34.3 Å². The zero-order valence-electron chi connectivity index (χ0n) is 19.3. The lowest BCUT2D eigenvalue weighted by atomic mass is 9.53. The molecule has 4 N–H and O–H groups in total. The van der Waals surface area contributed by atoms with E-state index in [1.54, 1.807) is 0 Å². The summed E-state index contributed by atoms with van der Waals surface area (Å²) < 4.78 is 28.6. The molecule has 4 atom stereocenters. The van der Waals surface area contributed by atoms with Crippen molar-refractivity contribution in [2.75, 3.05) is 19.6 Å². The van der Waals surface area contributed by atoms with Crippen LogP contribution in [0.5, 0.6) is 0 Å². The Balaban J connectivity index is 1.54. The summed E-state index contributed by atoms with van der Waals surface area (Å²) in [4.78, 5) is 29.2. The molecule has 1 aromatic rings. The molecular formula is C26H32BrF2N3O2. The SMILES string of the molecule is NC(=O)[C@]1(CCCCN2CCCC2)[C@@H]2C=C[C@@H](C23CC3)[C@@]1(Cc1cc(F)c(Br)c(F)c1)C(N)=O. The number of carbonyl (C=O) groups is 2. The van der Waals surface area contributed by atoms with Gasteiger partial charge in [-0.05, 0) is 115 Å². The number of primary amides is 2. The highest BCUT2D eigenvalue weighted by Crippen LogP contribution is 2.81. The Hall–Kier alpha value is -1.80. The highest BCUT2D eigenvalue weighted by Gasteiger charge is 2.81. The van der Waals surface area contributed by atoms with E-state index in [2.05, 4.69) is 26.9 Å². The molecule has 3 fully saturated rings. The molecule has 5 nitrogen and oxygen atoms in total. The average Bonchev–Trinajstić information content (AvgIpc) is 3.15. The minimum atomic E-state index is -1.31. The fourth-order valence-corrected chi connectivity index (χ4v) is 8.04.